The Morgan fingerprint density at radius 2 is 2.18 bits per heavy atom. The molecule has 22 heavy (non-hydrogen) atoms. The van der Waals surface area contributed by atoms with Crippen LogP contribution in [0.4, 0.5) is 0 Å². The zero-order chi connectivity index (χ0) is 15.1. The monoisotopic (exact) mass is 298 g/mol. The summed E-state index contributed by atoms with van der Waals surface area (Å²) in [5, 5.41) is 9.21. The number of benzene rings is 1. The normalized spacial score (nSPS) is 18.5. The van der Waals surface area contributed by atoms with Gasteiger partial charge in [-0.25, -0.2) is 0 Å². The first-order valence-corrected chi connectivity index (χ1v) is 7.76. The highest BCUT2D eigenvalue weighted by atomic mass is 16.5. The summed E-state index contributed by atoms with van der Waals surface area (Å²) in [6.45, 7) is 3.35. The van der Waals surface area contributed by atoms with E-state index < -0.39 is 0 Å². The Bertz CT molecular complexity index is 890. The highest BCUT2D eigenvalue weighted by Crippen LogP contribution is 2.18. The maximum atomic E-state index is 12.9. The zero-order valence-corrected chi connectivity index (χ0v) is 12.5. The lowest BCUT2D eigenvalue weighted by molar-refractivity contribution is 0.0969. The molecule has 0 saturated carbocycles. The summed E-state index contributed by atoms with van der Waals surface area (Å²) in [5.41, 5.74) is 0.849. The lowest BCUT2D eigenvalue weighted by atomic mass is 10.2. The smallest absolute Gasteiger partial charge is 0.262 e. The molecule has 3 heterocycles. The molecule has 0 aliphatic carbocycles. The van der Waals surface area contributed by atoms with Gasteiger partial charge in [0, 0.05) is 13.0 Å². The number of rotatable bonds is 3. The van der Waals surface area contributed by atoms with Crippen molar-refractivity contribution in [2.75, 3.05) is 6.61 Å². The van der Waals surface area contributed by atoms with Gasteiger partial charge < -0.3 is 4.74 Å². The molecule has 1 aliphatic rings. The standard InChI is InChI=1S/C16H18N4O2/c1-2-14-17-18-16-19(10-11-6-5-9-22-11)15(21)12-7-3-4-8-13(12)20(14)16/h3-4,7-8,11H,2,5-6,9-10H2,1H3. The lowest BCUT2D eigenvalue weighted by Gasteiger charge is -2.14. The van der Waals surface area contributed by atoms with Gasteiger partial charge in [-0.1, -0.05) is 19.1 Å². The van der Waals surface area contributed by atoms with E-state index in [0.29, 0.717) is 17.7 Å². The number of para-hydroxylation sites is 1. The highest BCUT2D eigenvalue weighted by Gasteiger charge is 2.21. The Labute approximate surface area is 127 Å². The van der Waals surface area contributed by atoms with Gasteiger partial charge in [-0.3, -0.25) is 13.8 Å². The summed E-state index contributed by atoms with van der Waals surface area (Å²) in [4.78, 5) is 12.9. The van der Waals surface area contributed by atoms with Gasteiger partial charge in [-0.15, -0.1) is 10.2 Å². The van der Waals surface area contributed by atoms with Crippen molar-refractivity contribution in [3.63, 3.8) is 0 Å². The van der Waals surface area contributed by atoms with Crippen molar-refractivity contribution >= 4 is 16.7 Å². The number of fused-ring (bicyclic) bond motifs is 3. The van der Waals surface area contributed by atoms with Crippen LogP contribution in [0, 0.1) is 0 Å². The van der Waals surface area contributed by atoms with Crippen LogP contribution in [-0.2, 0) is 17.7 Å². The molecule has 1 aromatic carbocycles. The summed E-state index contributed by atoms with van der Waals surface area (Å²) in [5.74, 6) is 1.48. The molecule has 4 rings (SSSR count). The Morgan fingerprint density at radius 3 is 2.95 bits per heavy atom. The number of aryl methyl sites for hydroxylation is 1. The third-order valence-electron chi connectivity index (χ3n) is 4.30. The summed E-state index contributed by atoms with van der Waals surface area (Å²) in [7, 11) is 0. The van der Waals surface area contributed by atoms with Crippen LogP contribution in [0.25, 0.3) is 16.7 Å². The molecule has 2 aromatic heterocycles. The molecule has 1 unspecified atom stereocenters. The van der Waals surface area contributed by atoms with Crippen molar-refractivity contribution in [2.45, 2.75) is 38.8 Å². The van der Waals surface area contributed by atoms with Crippen molar-refractivity contribution in [1.29, 1.82) is 0 Å². The third-order valence-corrected chi connectivity index (χ3v) is 4.30. The molecule has 1 fully saturated rings. The predicted octanol–water partition coefficient (Wildman–Crippen LogP) is 1.79. The fourth-order valence-corrected chi connectivity index (χ4v) is 3.20. The second-order valence-electron chi connectivity index (χ2n) is 5.67. The molecule has 1 saturated heterocycles. The largest absolute Gasteiger partial charge is 0.376 e. The average Bonchev–Trinajstić information content (AvgIpc) is 3.20. The Morgan fingerprint density at radius 1 is 1.32 bits per heavy atom. The SMILES string of the molecule is CCc1nnc2n(CC3CCCO3)c(=O)c3ccccc3n12. The lowest BCUT2D eigenvalue weighted by Crippen LogP contribution is -2.28. The van der Waals surface area contributed by atoms with Gasteiger partial charge in [0.1, 0.15) is 5.82 Å². The summed E-state index contributed by atoms with van der Waals surface area (Å²) in [6.07, 6.45) is 2.89. The van der Waals surface area contributed by atoms with Crippen LogP contribution in [0.5, 0.6) is 0 Å². The summed E-state index contributed by atoms with van der Waals surface area (Å²) in [6, 6.07) is 7.64. The topological polar surface area (TPSA) is 61.4 Å². The molecule has 1 aliphatic heterocycles. The minimum absolute atomic E-state index is 0.0198. The molecule has 6 heteroatoms. The minimum Gasteiger partial charge on any atom is -0.376 e. The van der Waals surface area contributed by atoms with Crippen LogP contribution >= 0.6 is 0 Å². The van der Waals surface area contributed by atoms with Crippen LogP contribution in [0.1, 0.15) is 25.6 Å². The Kier molecular flexibility index (Phi) is 3.18. The quantitative estimate of drug-likeness (QED) is 0.739. The van der Waals surface area contributed by atoms with Crippen LogP contribution < -0.4 is 5.56 Å². The van der Waals surface area contributed by atoms with E-state index >= 15 is 0 Å². The molecule has 0 amide bonds. The van der Waals surface area contributed by atoms with Crippen molar-refractivity contribution in [3.8, 4) is 0 Å². The molecule has 1 atom stereocenters. The van der Waals surface area contributed by atoms with Crippen LogP contribution in [0.2, 0.25) is 0 Å². The van der Waals surface area contributed by atoms with Gasteiger partial charge in [0.25, 0.3) is 5.56 Å². The van der Waals surface area contributed by atoms with Crippen molar-refractivity contribution in [1.82, 2.24) is 19.2 Å². The molecular weight excluding hydrogens is 280 g/mol. The van der Waals surface area contributed by atoms with E-state index in [1.807, 2.05) is 35.6 Å². The van der Waals surface area contributed by atoms with Gasteiger partial charge in [-0.2, -0.15) is 0 Å². The van der Waals surface area contributed by atoms with E-state index in [1.54, 1.807) is 4.57 Å². The Hall–Kier alpha value is -2.21. The molecule has 0 N–H and O–H groups in total. The highest BCUT2D eigenvalue weighted by molar-refractivity contribution is 5.80. The van der Waals surface area contributed by atoms with Crippen molar-refractivity contribution in [3.05, 3.63) is 40.4 Å². The van der Waals surface area contributed by atoms with E-state index in [1.165, 1.54) is 0 Å². The molecule has 0 bridgehead atoms. The fraction of sp³-hybridized carbons (Fsp3) is 0.438. The molecule has 0 radical (unpaired) electrons. The van der Waals surface area contributed by atoms with Crippen LogP contribution in [-0.4, -0.2) is 31.9 Å². The number of hydrogen-bond donors (Lipinski definition) is 0. The molecule has 3 aromatic rings. The van der Waals surface area contributed by atoms with E-state index in [0.717, 1.165) is 37.2 Å². The van der Waals surface area contributed by atoms with Gasteiger partial charge in [0.15, 0.2) is 0 Å². The maximum absolute atomic E-state index is 12.9. The van der Waals surface area contributed by atoms with E-state index in [2.05, 4.69) is 10.2 Å². The molecule has 6 nitrogen and oxygen atoms in total. The average molecular weight is 298 g/mol. The maximum Gasteiger partial charge on any atom is 0.262 e. The predicted molar refractivity (Wildman–Crippen MR) is 83.1 cm³/mol. The number of aromatic nitrogens is 4. The zero-order valence-electron chi connectivity index (χ0n) is 12.5. The van der Waals surface area contributed by atoms with Crippen LogP contribution in [0.3, 0.4) is 0 Å². The van der Waals surface area contributed by atoms with E-state index in [-0.39, 0.29) is 11.7 Å². The number of ether oxygens (including phenoxy) is 1. The molecule has 0 spiro atoms. The Balaban J connectivity index is 2.02. The first-order valence-electron chi connectivity index (χ1n) is 7.76. The number of nitrogens with zero attached hydrogens (tertiary/aromatic N) is 4. The van der Waals surface area contributed by atoms with Crippen molar-refractivity contribution in [2.24, 2.45) is 0 Å². The third kappa shape index (κ3) is 1.94. The number of hydrogen-bond acceptors (Lipinski definition) is 4. The van der Waals surface area contributed by atoms with Gasteiger partial charge in [0.2, 0.25) is 5.78 Å². The van der Waals surface area contributed by atoms with Gasteiger partial charge in [0.05, 0.1) is 23.6 Å². The summed E-state index contributed by atoms with van der Waals surface area (Å²) < 4.78 is 9.39. The summed E-state index contributed by atoms with van der Waals surface area (Å²) >= 11 is 0. The van der Waals surface area contributed by atoms with Gasteiger partial charge in [-0.05, 0) is 25.0 Å². The first kappa shape index (κ1) is 13.5. The van der Waals surface area contributed by atoms with Gasteiger partial charge >= 0.3 is 0 Å². The second-order valence-corrected chi connectivity index (χ2v) is 5.67. The second kappa shape index (κ2) is 5.21. The van der Waals surface area contributed by atoms with Crippen molar-refractivity contribution < 1.29 is 4.74 Å². The minimum atomic E-state index is -0.0198. The van der Waals surface area contributed by atoms with E-state index in [4.69, 9.17) is 4.74 Å². The molecule has 114 valence electrons. The molecular formula is C16H18N4O2. The first-order chi connectivity index (χ1) is 10.8. The van der Waals surface area contributed by atoms with Crippen LogP contribution in [0.15, 0.2) is 29.1 Å². The fourth-order valence-electron chi connectivity index (χ4n) is 3.20. The van der Waals surface area contributed by atoms with E-state index in [9.17, 15) is 4.79 Å².